The van der Waals surface area contributed by atoms with Crippen molar-refractivity contribution in [3.05, 3.63) is 0 Å². The molecule has 0 bridgehead atoms. The van der Waals surface area contributed by atoms with E-state index in [-0.39, 0.29) is 17.1 Å². The van der Waals surface area contributed by atoms with Gasteiger partial charge in [0.05, 0.1) is 12.8 Å². The molecule has 0 saturated heterocycles. The first kappa shape index (κ1) is 30.9. The van der Waals surface area contributed by atoms with Crippen molar-refractivity contribution in [1.29, 1.82) is 0 Å². The van der Waals surface area contributed by atoms with Crippen LogP contribution in [0.1, 0.15) is 12.8 Å². The van der Waals surface area contributed by atoms with Gasteiger partial charge in [0.2, 0.25) is 0 Å². The summed E-state index contributed by atoms with van der Waals surface area (Å²) in [5.41, 5.74) is -2.74. The van der Waals surface area contributed by atoms with Gasteiger partial charge in [0, 0.05) is 17.1 Å². The zero-order valence-corrected chi connectivity index (χ0v) is 14.1. The maximum Gasteiger partial charge on any atom is 0.466 e. The van der Waals surface area contributed by atoms with Gasteiger partial charge in [0.1, 0.15) is 0 Å². The maximum absolute atomic E-state index is 10.3. The summed E-state index contributed by atoms with van der Waals surface area (Å²) < 4.78 is 17.8. The Bertz CT molecular complexity index is 452. The second-order valence-electron chi connectivity index (χ2n) is 3.50. The van der Waals surface area contributed by atoms with Gasteiger partial charge in [-0.25, -0.2) is 13.9 Å². The zero-order chi connectivity index (χ0) is 19.6. The molecule has 0 amide bonds. The molecule has 15 nitrogen and oxygen atoms in total. The fraction of sp³-hybridized carbons (Fsp3) is 0.500. The van der Waals surface area contributed by atoms with Crippen LogP contribution in [0.4, 0.5) is 0 Å². The van der Waals surface area contributed by atoms with Crippen LogP contribution in [0.5, 0.6) is 0 Å². The van der Waals surface area contributed by atoms with E-state index in [2.05, 4.69) is 0 Å². The molecule has 0 saturated carbocycles. The normalized spacial score (nSPS) is 10.8. The van der Waals surface area contributed by atoms with Gasteiger partial charge in [-0.3, -0.25) is 9.59 Å². The van der Waals surface area contributed by atoms with E-state index in [4.69, 9.17) is 58.9 Å². The van der Waals surface area contributed by atoms with Crippen LogP contribution >= 0.6 is 15.6 Å². The first-order valence-corrected chi connectivity index (χ1v) is 7.87. The average molecular weight is 444 g/mol. The van der Waals surface area contributed by atoms with Crippen LogP contribution in [0.15, 0.2) is 0 Å². The third-order valence-electron chi connectivity index (χ3n) is 1.29. The molecule has 0 aliphatic heterocycles. The van der Waals surface area contributed by atoms with E-state index in [1.807, 2.05) is 0 Å². The monoisotopic (exact) mass is 444 g/mol. The molecule has 0 rings (SSSR count). The van der Waals surface area contributed by atoms with E-state index >= 15 is 0 Å². The number of phosphoric acid groups is 2. The average Bonchev–Trinajstić information content (AvgIpc) is 2.07. The van der Waals surface area contributed by atoms with Crippen molar-refractivity contribution in [3.63, 3.8) is 0 Å². The molecule has 146 valence electrons. The number of rotatable bonds is 5. The molecule has 0 aromatic carbocycles. The largest absolute Gasteiger partial charge is 0.481 e. The van der Waals surface area contributed by atoms with Gasteiger partial charge in [0.15, 0.2) is 5.60 Å². The Morgan fingerprint density at radius 3 is 0.958 bits per heavy atom. The fourth-order valence-corrected chi connectivity index (χ4v) is 0.714. The van der Waals surface area contributed by atoms with Crippen molar-refractivity contribution >= 4 is 33.6 Å². The quantitative estimate of drug-likeness (QED) is 0.148. The number of hydrogen-bond acceptors (Lipinski definition) is 6. The molecule has 0 aliphatic carbocycles. The summed E-state index contributed by atoms with van der Waals surface area (Å²) in [6, 6.07) is 0. The summed E-state index contributed by atoms with van der Waals surface area (Å²) in [6.45, 7) is 0. The van der Waals surface area contributed by atoms with Crippen LogP contribution in [0, 0.1) is 0 Å². The molecule has 0 atom stereocenters. The van der Waals surface area contributed by atoms with Crippen molar-refractivity contribution < 1.29 is 90.4 Å². The van der Waals surface area contributed by atoms with E-state index in [0.717, 1.165) is 0 Å². The molecule has 0 radical (unpaired) electrons. The SMILES string of the molecule is O=C(O)CC(O)(CC(=O)O)C(=O)O.O=P(O)(O)O.O=P(O)(O)O.[Fe]. The zero-order valence-electron chi connectivity index (χ0n) is 11.2. The van der Waals surface area contributed by atoms with E-state index in [1.54, 1.807) is 0 Å². The molecule has 0 heterocycles. The molecule has 0 aromatic heterocycles. The molecule has 24 heavy (non-hydrogen) atoms. The summed E-state index contributed by atoms with van der Waals surface area (Å²) in [5.74, 6) is -5.02. The maximum atomic E-state index is 10.3. The smallest absolute Gasteiger partial charge is 0.466 e. The van der Waals surface area contributed by atoms with E-state index < -0.39 is 52.0 Å². The minimum absolute atomic E-state index is 0. The number of carbonyl (C=O) groups is 3. The number of aliphatic carboxylic acids is 3. The minimum Gasteiger partial charge on any atom is -0.481 e. The number of hydrogen-bond donors (Lipinski definition) is 10. The Balaban J connectivity index is -0.000000151. The van der Waals surface area contributed by atoms with Crippen molar-refractivity contribution in [2.75, 3.05) is 0 Å². The predicted molar refractivity (Wildman–Crippen MR) is 65.6 cm³/mol. The van der Waals surface area contributed by atoms with Crippen LogP contribution < -0.4 is 0 Å². The Hall–Kier alpha value is -0.891. The van der Waals surface area contributed by atoms with Crippen LogP contribution in [0.25, 0.3) is 0 Å². The molecule has 0 unspecified atom stereocenters. The van der Waals surface area contributed by atoms with E-state index in [0.29, 0.717) is 0 Å². The van der Waals surface area contributed by atoms with Crippen molar-refractivity contribution in [2.45, 2.75) is 18.4 Å². The molecular weight excluding hydrogens is 430 g/mol. The first-order valence-electron chi connectivity index (χ1n) is 4.74. The topological polar surface area (TPSA) is 288 Å². The standard InChI is InChI=1S/C6H8O7.Fe.2H3O4P/c7-3(8)1-6(13,5(11)12)2-4(9)10;;2*1-5(2,3)4/h13H,1-2H2,(H,7,8)(H,9,10)(H,11,12);;2*(H3,1,2,3,4). The molecular formula is C6H14FeO15P2. The van der Waals surface area contributed by atoms with Crippen molar-refractivity contribution in [2.24, 2.45) is 0 Å². The van der Waals surface area contributed by atoms with Crippen LogP contribution in [0.2, 0.25) is 0 Å². The Kier molecular flexibility index (Phi) is 16.1. The Morgan fingerprint density at radius 1 is 0.708 bits per heavy atom. The van der Waals surface area contributed by atoms with Gasteiger partial charge in [-0.2, -0.15) is 0 Å². The van der Waals surface area contributed by atoms with Gasteiger partial charge >= 0.3 is 33.6 Å². The van der Waals surface area contributed by atoms with Crippen LogP contribution in [-0.4, -0.2) is 73.3 Å². The van der Waals surface area contributed by atoms with Gasteiger partial charge in [-0.1, -0.05) is 0 Å². The second kappa shape index (κ2) is 12.5. The molecule has 18 heteroatoms. The van der Waals surface area contributed by atoms with Crippen molar-refractivity contribution in [1.82, 2.24) is 0 Å². The van der Waals surface area contributed by atoms with Crippen LogP contribution in [0.3, 0.4) is 0 Å². The molecule has 0 aliphatic rings. The van der Waals surface area contributed by atoms with Gasteiger partial charge in [-0.05, 0) is 0 Å². The summed E-state index contributed by atoms with van der Waals surface area (Å²) in [6.07, 6.45) is -2.29. The third kappa shape index (κ3) is 37.4. The summed E-state index contributed by atoms with van der Waals surface area (Å²) in [4.78, 5) is 73.6. The van der Waals surface area contributed by atoms with E-state index in [9.17, 15) is 14.4 Å². The second-order valence-corrected chi connectivity index (χ2v) is 5.56. The summed E-state index contributed by atoms with van der Waals surface area (Å²) in [5, 5.41) is 33.8. The van der Waals surface area contributed by atoms with Crippen molar-refractivity contribution in [3.8, 4) is 0 Å². The third-order valence-corrected chi connectivity index (χ3v) is 1.29. The van der Waals surface area contributed by atoms with E-state index in [1.165, 1.54) is 0 Å². The minimum atomic E-state index is -4.64. The number of carboxylic acid groups (broad SMARTS) is 3. The number of carboxylic acids is 3. The number of aliphatic hydroxyl groups is 1. The van der Waals surface area contributed by atoms with Gasteiger partial charge < -0.3 is 49.8 Å². The predicted octanol–water partition coefficient (Wildman–Crippen LogP) is -3.11. The molecule has 0 fully saturated rings. The molecule has 10 N–H and O–H groups in total. The molecule has 0 spiro atoms. The Labute approximate surface area is 143 Å². The van der Waals surface area contributed by atoms with Crippen LogP contribution in [-0.2, 0) is 40.6 Å². The molecule has 0 aromatic rings. The summed E-state index contributed by atoms with van der Waals surface area (Å²) >= 11 is 0. The summed E-state index contributed by atoms with van der Waals surface area (Å²) in [7, 11) is -9.28. The van der Waals surface area contributed by atoms with Gasteiger partial charge in [-0.15, -0.1) is 0 Å². The first-order chi connectivity index (χ1) is 9.78. The Morgan fingerprint density at radius 2 is 0.875 bits per heavy atom. The van der Waals surface area contributed by atoms with Gasteiger partial charge in [0.25, 0.3) is 0 Å². The fourth-order valence-electron chi connectivity index (χ4n) is 0.714.